The minimum atomic E-state index is -4.27. The molecule has 1 unspecified atom stereocenters. The van der Waals surface area contributed by atoms with Gasteiger partial charge in [0.25, 0.3) is 0 Å². The van der Waals surface area contributed by atoms with E-state index in [1.165, 1.54) is 25.7 Å². The van der Waals surface area contributed by atoms with Crippen LogP contribution in [0.4, 0.5) is 18.0 Å². The van der Waals surface area contributed by atoms with Crippen LogP contribution in [0.3, 0.4) is 0 Å². The van der Waals surface area contributed by atoms with Crippen LogP contribution >= 0.6 is 0 Å². The maximum absolute atomic E-state index is 12.5. The molecule has 32 heavy (non-hydrogen) atoms. The van der Waals surface area contributed by atoms with E-state index >= 15 is 0 Å². The largest absolute Gasteiger partial charge is 0.389 e. The summed E-state index contributed by atoms with van der Waals surface area (Å²) in [5, 5.41) is 5.16. The Morgan fingerprint density at radius 2 is 1.66 bits per heavy atom. The SMILES string of the molecule is CC1(C)C(c2ccccc2)C(CCC(F)(F)F)=NN1C(N)=O.CC12CCC(CC1)C2(C)C. The molecule has 0 spiro atoms. The molecule has 1 aliphatic heterocycles. The Hall–Kier alpha value is -2.05. The van der Waals surface area contributed by atoms with Crippen molar-refractivity contribution in [3.8, 4) is 0 Å². The predicted molar refractivity (Wildman–Crippen MR) is 121 cm³/mol. The lowest BCUT2D eigenvalue weighted by molar-refractivity contribution is -0.132. The van der Waals surface area contributed by atoms with E-state index in [9.17, 15) is 18.0 Å². The van der Waals surface area contributed by atoms with E-state index in [4.69, 9.17) is 5.73 Å². The van der Waals surface area contributed by atoms with E-state index in [-0.39, 0.29) is 6.42 Å². The molecule has 7 heteroatoms. The van der Waals surface area contributed by atoms with Gasteiger partial charge < -0.3 is 5.73 Å². The average Bonchev–Trinajstić information content (AvgIpc) is 3.19. The Morgan fingerprint density at radius 3 is 2.03 bits per heavy atom. The molecule has 2 fully saturated rings. The second-order valence-corrected chi connectivity index (χ2v) is 10.9. The molecule has 3 aliphatic rings. The fourth-order valence-corrected chi connectivity index (χ4v) is 6.00. The molecule has 178 valence electrons. The van der Waals surface area contributed by atoms with E-state index in [2.05, 4.69) is 25.9 Å². The molecule has 2 bridgehead atoms. The molecule has 1 atom stereocenters. The first-order valence-electron chi connectivity index (χ1n) is 11.5. The summed E-state index contributed by atoms with van der Waals surface area (Å²) in [4.78, 5) is 11.6. The molecular weight excluding hydrogens is 415 g/mol. The minimum Gasteiger partial charge on any atom is -0.350 e. The first kappa shape index (κ1) is 24.6. The molecule has 0 radical (unpaired) electrons. The minimum absolute atomic E-state index is 0.254. The van der Waals surface area contributed by atoms with Gasteiger partial charge in [-0.15, -0.1) is 0 Å². The van der Waals surface area contributed by atoms with Crippen LogP contribution in [-0.4, -0.2) is 28.5 Å². The summed E-state index contributed by atoms with van der Waals surface area (Å²) in [5.41, 5.74) is 7.01. The van der Waals surface area contributed by atoms with Gasteiger partial charge in [0, 0.05) is 18.1 Å². The van der Waals surface area contributed by atoms with E-state index in [0.29, 0.717) is 16.5 Å². The third kappa shape index (κ3) is 4.53. The quantitative estimate of drug-likeness (QED) is 0.536. The van der Waals surface area contributed by atoms with Crippen molar-refractivity contribution in [3.63, 3.8) is 0 Å². The molecule has 2 amide bonds. The van der Waals surface area contributed by atoms with Gasteiger partial charge in [-0.05, 0) is 68.3 Å². The van der Waals surface area contributed by atoms with Gasteiger partial charge in [-0.3, -0.25) is 0 Å². The van der Waals surface area contributed by atoms with E-state index in [1.807, 2.05) is 18.2 Å². The summed E-state index contributed by atoms with van der Waals surface area (Å²) >= 11 is 0. The van der Waals surface area contributed by atoms with Crippen molar-refractivity contribution in [1.29, 1.82) is 0 Å². The van der Waals surface area contributed by atoms with Crippen LogP contribution in [0.25, 0.3) is 0 Å². The standard InChI is InChI=1S/C15H18F3N3O.C10H18/c1-14(2)12(10-6-4-3-5-7-10)11(8-9-15(16,17)18)20-21(14)13(19)22;1-9(2)8-4-6-10(9,3)7-5-8/h3-7,12H,8-9H2,1-2H3,(H2,19,22);8H,4-7H2,1-3H3. The normalized spacial score (nSPS) is 30.0. The number of carbonyl (C=O) groups is 1. The fourth-order valence-electron chi connectivity index (χ4n) is 6.00. The molecule has 1 heterocycles. The number of nitrogens with zero attached hydrogens (tertiary/aromatic N) is 2. The fraction of sp³-hybridized carbons (Fsp3) is 0.680. The average molecular weight is 452 g/mol. The molecule has 0 saturated heterocycles. The molecular formula is C25H36F3N3O. The van der Waals surface area contributed by atoms with Gasteiger partial charge >= 0.3 is 12.2 Å². The molecule has 1 aromatic rings. The highest BCUT2D eigenvalue weighted by Gasteiger charge is 2.55. The number of halogens is 3. The van der Waals surface area contributed by atoms with E-state index in [1.54, 1.807) is 26.0 Å². The van der Waals surface area contributed by atoms with Crippen LogP contribution in [-0.2, 0) is 0 Å². The molecule has 1 aromatic carbocycles. The number of nitrogens with two attached hydrogens (primary N) is 1. The van der Waals surface area contributed by atoms with Crippen LogP contribution in [0, 0.1) is 16.7 Å². The number of primary amides is 1. The van der Waals surface area contributed by atoms with Crippen molar-refractivity contribution in [1.82, 2.24) is 5.01 Å². The van der Waals surface area contributed by atoms with E-state index < -0.39 is 30.1 Å². The van der Waals surface area contributed by atoms with Gasteiger partial charge in [0.2, 0.25) is 0 Å². The lowest BCUT2D eigenvalue weighted by Crippen LogP contribution is -2.47. The number of rotatable bonds is 3. The van der Waals surface area contributed by atoms with Crippen molar-refractivity contribution in [2.45, 2.75) is 90.8 Å². The van der Waals surface area contributed by atoms with Gasteiger partial charge in [0.1, 0.15) is 0 Å². The second kappa shape index (κ2) is 8.38. The van der Waals surface area contributed by atoms with Crippen molar-refractivity contribution in [2.75, 3.05) is 0 Å². The highest BCUT2D eigenvalue weighted by Crippen LogP contribution is 2.65. The lowest BCUT2D eigenvalue weighted by Gasteiger charge is -2.34. The van der Waals surface area contributed by atoms with Crippen LogP contribution in [0.1, 0.15) is 84.6 Å². The van der Waals surface area contributed by atoms with Crippen LogP contribution < -0.4 is 5.73 Å². The number of hydrogen-bond donors (Lipinski definition) is 1. The Bertz CT molecular complexity index is 850. The van der Waals surface area contributed by atoms with Crippen LogP contribution in [0.5, 0.6) is 0 Å². The highest BCUT2D eigenvalue weighted by molar-refractivity contribution is 5.96. The highest BCUT2D eigenvalue weighted by atomic mass is 19.4. The number of benzene rings is 1. The number of hydrogen-bond acceptors (Lipinski definition) is 2. The summed E-state index contributed by atoms with van der Waals surface area (Å²) < 4.78 is 37.6. The molecule has 4 rings (SSSR count). The maximum atomic E-state index is 12.5. The van der Waals surface area contributed by atoms with Gasteiger partial charge in [0.05, 0.1) is 5.54 Å². The summed E-state index contributed by atoms with van der Waals surface area (Å²) in [6, 6.07) is 8.30. The van der Waals surface area contributed by atoms with Gasteiger partial charge in [-0.2, -0.15) is 18.3 Å². The zero-order valence-corrected chi connectivity index (χ0v) is 19.8. The summed E-state index contributed by atoms with van der Waals surface area (Å²) in [7, 11) is 0. The molecule has 2 saturated carbocycles. The first-order valence-corrected chi connectivity index (χ1v) is 11.5. The summed E-state index contributed by atoms with van der Waals surface area (Å²) in [5.74, 6) is 0.640. The van der Waals surface area contributed by atoms with Crippen LogP contribution in [0.2, 0.25) is 0 Å². The first-order chi connectivity index (χ1) is 14.7. The Labute approximate surface area is 189 Å². The van der Waals surface area contributed by atoms with Crippen molar-refractivity contribution in [3.05, 3.63) is 35.9 Å². The molecule has 4 nitrogen and oxygen atoms in total. The van der Waals surface area contributed by atoms with Crippen LogP contribution in [0.15, 0.2) is 35.4 Å². The lowest BCUT2D eigenvalue weighted by atomic mass is 9.71. The molecule has 2 N–H and O–H groups in total. The Balaban J connectivity index is 0.000000238. The molecule has 0 aromatic heterocycles. The third-order valence-corrected chi connectivity index (χ3v) is 8.49. The second-order valence-electron chi connectivity index (χ2n) is 10.9. The van der Waals surface area contributed by atoms with Crippen molar-refractivity contribution >= 4 is 11.7 Å². The van der Waals surface area contributed by atoms with E-state index in [0.717, 1.165) is 16.5 Å². The summed E-state index contributed by atoms with van der Waals surface area (Å²) in [6.07, 6.45) is 0.491. The number of amides is 2. The number of alkyl halides is 3. The monoisotopic (exact) mass is 451 g/mol. The zero-order chi connectivity index (χ0) is 23.9. The Kier molecular flexibility index (Phi) is 6.44. The smallest absolute Gasteiger partial charge is 0.350 e. The summed E-state index contributed by atoms with van der Waals surface area (Å²) in [6.45, 7) is 10.9. The topological polar surface area (TPSA) is 58.7 Å². The zero-order valence-electron chi connectivity index (χ0n) is 19.8. The number of hydrazone groups is 1. The molecule has 2 aliphatic carbocycles. The number of carbonyl (C=O) groups excluding carboxylic acids is 1. The predicted octanol–water partition coefficient (Wildman–Crippen LogP) is 6.86. The van der Waals surface area contributed by atoms with Gasteiger partial charge in [-0.25, -0.2) is 9.80 Å². The third-order valence-electron chi connectivity index (χ3n) is 8.49. The maximum Gasteiger partial charge on any atom is 0.389 e. The van der Waals surface area contributed by atoms with Crippen molar-refractivity contribution in [2.24, 2.45) is 27.6 Å². The van der Waals surface area contributed by atoms with Crippen molar-refractivity contribution < 1.29 is 18.0 Å². The number of urea groups is 1. The van der Waals surface area contributed by atoms with Gasteiger partial charge in [-0.1, -0.05) is 51.1 Å². The van der Waals surface area contributed by atoms with Gasteiger partial charge in [0.15, 0.2) is 0 Å². The Morgan fingerprint density at radius 1 is 1.09 bits per heavy atom. The number of fused-ring (bicyclic) bond motifs is 2.